The molecule has 0 amide bonds. The Bertz CT molecular complexity index is 420. The molecule has 5 rings (SSSR count). The highest BCUT2D eigenvalue weighted by Crippen LogP contribution is 2.62. The summed E-state index contributed by atoms with van der Waals surface area (Å²) in [4.78, 5) is 0. The van der Waals surface area contributed by atoms with E-state index in [0.29, 0.717) is 35.9 Å². The third-order valence-electron chi connectivity index (χ3n) is 6.50. The van der Waals surface area contributed by atoms with Gasteiger partial charge < -0.3 is 23.7 Å². The molecule has 0 aromatic carbocycles. The first kappa shape index (κ1) is 12.4. The number of ether oxygens (including phenoxy) is 5. The molecule has 0 saturated carbocycles. The average molecular weight is 282 g/mol. The highest BCUT2D eigenvalue weighted by atomic mass is 16.9. The zero-order valence-electron chi connectivity index (χ0n) is 12.3. The van der Waals surface area contributed by atoms with Gasteiger partial charge in [-0.15, -0.1) is 0 Å². The minimum atomic E-state index is -0.911. The average Bonchev–Trinajstić information content (AvgIpc) is 3.14. The van der Waals surface area contributed by atoms with Crippen LogP contribution in [0.15, 0.2) is 0 Å². The van der Waals surface area contributed by atoms with Gasteiger partial charge in [-0.25, -0.2) is 0 Å². The van der Waals surface area contributed by atoms with Gasteiger partial charge in [-0.1, -0.05) is 13.8 Å². The fourth-order valence-electron chi connectivity index (χ4n) is 5.38. The van der Waals surface area contributed by atoms with Gasteiger partial charge in [-0.3, -0.25) is 0 Å². The monoisotopic (exact) mass is 282 g/mol. The van der Waals surface area contributed by atoms with Crippen LogP contribution >= 0.6 is 0 Å². The van der Waals surface area contributed by atoms with Crippen molar-refractivity contribution in [1.82, 2.24) is 0 Å². The van der Waals surface area contributed by atoms with E-state index in [1.54, 1.807) is 7.11 Å². The van der Waals surface area contributed by atoms with E-state index in [4.69, 9.17) is 23.7 Å². The lowest BCUT2D eigenvalue weighted by Gasteiger charge is -2.38. The Kier molecular flexibility index (Phi) is 2.21. The van der Waals surface area contributed by atoms with Crippen LogP contribution in [0.5, 0.6) is 0 Å². The summed E-state index contributed by atoms with van der Waals surface area (Å²) in [5, 5.41) is 0. The van der Waals surface area contributed by atoms with Gasteiger partial charge in [0.05, 0.1) is 24.4 Å². The van der Waals surface area contributed by atoms with Crippen LogP contribution < -0.4 is 0 Å². The maximum atomic E-state index is 6.27. The normalized spacial score (nSPS) is 69.6. The predicted molar refractivity (Wildman–Crippen MR) is 67.8 cm³/mol. The second-order valence-corrected chi connectivity index (χ2v) is 7.23. The fourth-order valence-corrected chi connectivity index (χ4v) is 5.38. The third kappa shape index (κ3) is 1.20. The van der Waals surface area contributed by atoms with E-state index in [-0.39, 0.29) is 24.4 Å². The van der Waals surface area contributed by atoms with Crippen LogP contribution in [0.3, 0.4) is 0 Å². The van der Waals surface area contributed by atoms with Crippen molar-refractivity contribution in [2.24, 2.45) is 23.7 Å². The number of fused-ring (bicyclic) bond motifs is 12. The van der Waals surface area contributed by atoms with Crippen LogP contribution in [0.2, 0.25) is 0 Å². The first-order valence-corrected chi connectivity index (χ1v) is 7.76. The Morgan fingerprint density at radius 3 is 1.65 bits per heavy atom. The molecule has 112 valence electrons. The second kappa shape index (κ2) is 3.58. The molecule has 0 radical (unpaired) electrons. The summed E-state index contributed by atoms with van der Waals surface area (Å²) in [5.41, 5.74) is 0. The van der Waals surface area contributed by atoms with E-state index in [1.165, 1.54) is 0 Å². The lowest BCUT2D eigenvalue weighted by Crippen LogP contribution is -2.52. The summed E-state index contributed by atoms with van der Waals surface area (Å²) in [6.45, 7) is 6.46. The molecule has 0 aliphatic carbocycles. The van der Waals surface area contributed by atoms with Crippen molar-refractivity contribution in [3.05, 3.63) is 0 Å². The van der Waals surface area contributed by atoms with Gasteiger partial charge in [0.25, 0.3) is 5.97 Å². The SMILES string of the molecule is COC1(C)OC2C(O1)C1OC2C2C3OC(C(C)C3C)C12. The second-order valence-electron chi connectivity index (χ2n) is 7.23. The lowest BCUT2D eigenvalue weighted by molar-refractivity contribution is -0.330. The third-order valence-corrected chi connectivity index (χ3v) is 6.50. The van der Waals surface area contributed by atoms with E-state index in [0.717, 1.165) is 0 Å². The van der Waals surface area contributed by atoms with Crippen LogP contribution in [0.1, 0.15) is 20.8 Å². The zero-order chi connectivity index (χ0) is 13.8. The molecule has 5 nitrogen and oxygen atoms in total. The minimum Gasteiger partial charge on any atom is -0.374 e. The topological polar surface area (TPSA) is 46.2 Å². The van der Waals surface area contributed by atoms with E-state index < -0.39 is 5.97 Å². The van der Waals surface area contributed by atoms with E-state index in [2.05, 4.69) is 13.8 Å². The molecular weight excluding hydrogens is 260 g/mol. The molecule has 10 unspecified atom stereocenters. The van der Waals surface area contributed by atoms with Crippen molar-refractivity contribution >= 4 is 0 Å². The molecule has 5 heterocycles. The minimum absolute atomic E-state index is 0.00310. The molecule has 0 spiro atoms. The van der Waals surface area contributed by atoms with Gasteiger partial charge in [0.1, 0.15) is 12.2 Å². The molecule has 5 saturated heterocycles. The van der Waals surface area contributed by atoms with Gasteiger partial charge in [0.15, 0.2) is 0 Å². The molecule has 10 atom stereocenters. The largest absolute Gasteiger partial charge is 0.374 e. The number of hydrogen-bond donors (Lipinski definition) is 0. The standard InChI is InChI=1S/C15H22O5/c1-5-6(2)10-8-7(9(5)17-10)11-13-14(12(8)18-11)20-15(3,16-4)19-13/h5-14H,1-4H3. The first-order chi connectivity index (χ1) is 9.54. The zero-order valence-corrected chi connectivity index (χ0v) is 12.3. The van der Waals surface area contributed by atoms with Crippen molar-refractivity contribution in [2.45, 2.75) is 63.4 Å². The molecule has 0 N–H and O–H groups in total. The fraction of sp³-hybridized carbons (Fsp3) is 1.00. The van der Waals surface area contributed by atoms with Crippen molar-refractivity contribution in [2.75, 3.05) is 7.11 Å². The Morgan fingerprint density at radius 1 is 0.750 bits per heavy atom. The Balaban J connectivity index is 1.49. The summed E-state index contributed by atoms with van der Waals surface area (Å²) in [5.74, 6) is 1.25. The van der Waals surface area contributed by atoms with Gasteiger partial charge in [-0.05, 0) is 11.8 Å². The Hall–Kier alpha value is -0.200. The molecule has 5 fully saturated rings. The maximum Gasteiger partial charge on any atom is 0.280 e. The summed E-state index contributed by atoms with van der Waals surface area (Å²) in [6, 6.07) is 0. The molecule has 20 heavy (non-hydrogen) atoms. The molecule has 0 aromatic heterocycles. The van der Waals surface area contributed by atoms with E-state index in [9.17, 15) is 0 Å². The summed E-state index contributed by atoms with van der Waals surface area (Å²) in [7, 11) is 1.63. The number of rotatable bonds is 1. The van der Waals surface area contributed by atoms with Crippen LogP contribution in [-0.4, -0.2) is 49.7 Å². The molecule has 5 heteroatoms. The van der Waals surface area contributed by atoms with Gasteiger partial charge >= 0.3 is 0 Å². The number of methoxy groups -OCH3 is 1. The lowest BCUT2D eigenvalue weighted by atomic mass is 9.63. The highest BCUT2D eigenvalue weighted by molar-refractivity contribution is 5.19. The number of hydrogen-bond acceptors (Lipinski definition) is 5. The smallest absolute Gasteiger partial charge is 0.280 e. The van der Waals surface area contributed by atoms with Crippen LogP contribution in [-0.2, 0) is 23.7 Å². The van der Waals surface area contributed by atoms with E-state index >= 15 is 0 Å². The predicted octanol–water partition coefficient (Wildman–Crippen LogP) is 1.16. The van der Waals surface area contributed by atoms with Gasteiger partial charge in [-0.2, -0.15) is 0 Å². The summed E-state index contributed by atoms with van der Waals surface area (Å²) in [6.07, 6.45) is 0.866. The van der Waals surface area contributed by atoms with Crippen LogP contribution in [0.4, 0.5) is 0 Å². The Morgan fingerprint density at radius 2 is 1.20 bits per heavy atom. The highest BCUT2D eigenvalue weighted by Gasteiger charge is 2.74. The van der Waals surface area contributed by atoms with Crippen molar-refractivity contribution in [3.8, 4) is 0 Å². The molecule has 0 aromatic rings. The van der Waals surface area contributed by atoms with Gasteiger partial charge in [0.2, 0.25) is 0 Å². The molecular formula is C15H22O5. The summed E-state index contributed by atoms with van der Waals surface area (Å²) >= 11 is 0. The van der Waals surface area contributed by atoms with Crippen LogP contribution in [0.25, 0.3) is 0 Å². The van der Waals surface area contributed by atoms with Crippen molar-refractivity contribution < 1.29 is 23.7 Å². The Labute approximate surface area is 118 Å². The van der Waals surface area contributed by atoms with Crippen LogP contribution in [0, 0.1) is 23.7 Å². The van der Waals surface area contributed by atoms with E-state index in [1.807, 2.05) is 6.92 Å². The molecule has 4 bridgehead atoms. The van der Waals surface area contributed by atoms with Gasteiger partial charge in [0, 0.05) is 25.9 Å². The van der Waals surface area contributed by atoms with Crippen molar-refractivity contribution in [3.63, 3.8) is 0 Å². The molecule has 5 aliphatic heterocycles. The first-order valence-electron chi connectivity index (χ1n) is 7.76. The summed E-state index contributed by atoms with van der Waals surface area (Å²) < 4.78 is 29.9. The molecule has 5 aliphatic rings. The van der Waals surface area contributed by atoms with Crippen molar-refractivity contribution in [1.29, 1.82) is 0 Å². The quantitative estimate of drug-likeness (QED) is 0.722. The maximum absolute atomic E-state index is 6.27.